The average molecular weight is 340 g/mol. The van der Waals surface area contributed by atoms with Crippen LogP contribution in [0.3, 0.4) is 0 Å². The van der Waals surface area contributed by atoms with Gasteiger partial charge in [0.05, 0.1) is 0 Å². The molecule has 0 bridgehead atoms. The Bertz CT molecular complexity index is 586. The number of benzene rings is 2. The van der Waals surface area contributed by atoms with Gasteiger partial charge in [0.25, 0.3) is 0 Å². The predicted molar refractivity (Wildman–Crippen MR) is 81.2 cm³/mol. The molecule has 0 radical (unpaired) electrons. The first-order chi connectivity index (χ1) is 9.08. The number of hydrogen-bond donors (Lipinski definition) is 2. The Labute approximate surface area is 124 Å². The molecule has 1 unspecified atom stereocenters. The van der Waals surface area contributed by atoms with E-state index in [0.29, 0.717) is 5.02 Å². The molecular weight excluding hydrogens is 328 g/mol. The third-order valence-electron chi connectivity index (χ3n) is 2.66. The molecule has 1 atom stereocenters. The van der Waals surface area contributed by atoms with Gasteiger partial charge in [0, 0.05) is 15.2 Å². The molecule has 0 aliphatic carbocycles. The lowest BCUT2D eigenvalue weighted by Gasteiger charge is -2.18. The van der Waals surface area contributed by atoms with Crippen LogP contribution in [0.15, 0.2) is 53.0 Å². The van der Waals surface area contributed by atoms with Crippen molar-refractivity contribution in [2.75, 3.05) is 5.32 Å². The SMILES string of the molecule is NC(=O)C(Nc1ccc(Cl)cc1)c1ccccc1Br. The van der Waals surface area contributed by atoms with Crippen LogP contribution in [0.25, 0.3) is 0 Å². The maximum atomic E-state index is 11.6. The molecule has 0 aliphatic rings. The van der Waals surface area contributed by atoms with E-state index < -0.39 is 11.9 Å². The van der Waals surface area contributed by atoms with Crippen LogP contribution >= 0.6 is 27.5 Å². The zero-order valence-corrected chi connectivity index (χ0v) is 12.3. The zero-order chi connectivity index (χ0) is 13.8. The number of primary amides is 1. The first-order valence-corrected chi connectivity index (χ1v) is 6.81. The Morgan fingerprint density at radius 3 is 2.37 bits per heavy atom. The topological polar surface area (TPSA) is 55.1 Å². The minimum absolute atomic E-state index is 0.443. The molecule has 2 aromatic carbocycles. The summed E-state index contributed by atoms with van der Waals surface area (Å²) in [5, 5.41) is 3.74. The monoisotopic (exact) mass is 338 g/mol. The van der Waals surface area contributed by atoms with E-state index >= 15 is 0 Å². The van der Waals surface area contributed by atoms with Gasteiger partial charge in [-0.05, 0) is 35.9 Å². The number of nitrogens with two attached hydrogens (primary N) is 1. The molecule has 3 N–H and O–H groups in total. The second-order valence-corrected chi connectivity index (χ2v) is 5.30. The molecule has 0 aliphatic heterocycles. The van der Waals surface area contributed by atoms with Gasteiger partial charge in [-0.2, -0.15) is 0 Å². The highest BCUT2D eigenvalue weighted by Crippen LogP contribution is 2.26. The lowest BCUT2D eigenvalue weighted by molar-refractivity contribution is -0.118. The minimum atomic E-state index is -0.600. The van der Waals surface area contributed by atoms with Crippen molar-refractivity contribution in [1.29, 1.82) is 0 Å². The molecule has 0 fully saturated rings. The lowest BCUT2D eigenvalue weighted by Crippen LogP contribution is -2.28. The number of rotatable bonds is 4. The summed E-state index contributed by atoms with van der Waals surface area (Å²) in [6.45, 7) is 0. The van der Waals surface area contributed by atoms with Gasteiger partial charge in [0.2, 0.25) is 5.91 Å². The minimum Gasteiger partial charge on any atom is -0.370 e. The van der Waals surface area contributed by atoms with Crippen molar-refractivity contribution >= 4 is 39.1 Å². The Balaban J connectivity index is 2.29. The molecule has 0 saturated heterocycles. The second-order valence-electron chi connectivity index (χ2n) is 4.01. The standard InChI is InChI=1S/C14H12BrClN2O/c15-12-4-2-1-3-11(12)13(14(17)19)18-10-7-5-9(16)6-8-10/h1-8,13,18H,(H2,17,19). The fourth-order valence-electron chi connectivity index (χ4n) is 1.72. The van der Waals surface area contributed by atoms with E-state index in [1.54, 1.807) is 24.3 Å². The summed E-state index contributed by atoms with van der Waals surface area (Å²) in [5.41, 5.74) is 7.04. The van der Waals surface area contributed by atoms with Crippen molar-refractivity contribution in [1.82, 2.24) is 0 Å². The highest BCUT2D eigenvalue weighted by Gasteiger charge is 2.19. The van der Waals surface area contributed by atoms with E-state index in [-0.39, 0.29) is 0 Å². The van der Waals surface area contributed by atoms with Crippen LogP contribution in [0.1, 0.15) is 11.6 Å². The van der Waals surface area contributed by atoms with Gasteiger partial charge in [-0.1, -0.05) is 45.7 Å². The maximum Gasteiger partial charge on any atom is 0.244 e. The third kappa shape index (κ3) is 3.49. The van der Waals surface area contributed by atoms with Crippen LogP contribution in [0.2, 0.25) is 5.02 Å². The largest absolute Gasteiger partial charge is 0.370 e. The summed E-state index contributed by atoms with van der Waals surface area (Å²) in [4.78, 5) is 11.6. The molecular formula is C14H12BrClN2O. The van der Waals surface area contributed by atoms with Crippen LogP contribution in [-0.2, 0) is 4.79 Å². The fraction of sp³-hybridized carbons (Fsp3) is 0.0714. The Hall–Kier alpha value is -1.52. The third-order valence-corrected chi connectivity index (χ3v) is 3.63. The smallest absolute Gasteiger partial charge is 0.244 e. The van der Waals surface area contributed by atoms with E-state index in [4.69, 9.17) is 17.3 Å². The Kier molecular flexibility index (Phi) is 4.45. The van der Waals surface area contributed by atoms with Gasteiger partial charge in [0.15, 0.2) is 0 Å². The van der Waals surface area contributed by atoms with Gasteiger partial charge in [-0.15, -0.1) is 0 Å². The highest BCUT2D eigenvalue weighted by molar-refractivity contribution is 9.10. The first kappa shape index (κ1) is 13.9. The van der Waals surface area contributed by atoms with Crippen molar-refractivity contribution < 1.29 is 4.79 Å². The van der Waals surface area contributed by atoms with Gasteiger partial charge in [-0.25, -0.2) is 0 Å². The summed E-state index contributed by atoms with van der Waals surface area (Å²) in [6, 6.07) is 14.0. The molecule has 1 amide bonds. The summed E-state index contributed by atoms with van der Waals surface area (Å²) < 4.78 is 0.834. The van der Waals surface area contributed by atoms with Crippen LogP contribution in [0, 0.1) is 0 Å². The molecule has 0 spiro atoms. The van der Waals surface area contributed by atoms with Crippen molar-refractivity contribution in [3.8, 4) is 0 Å². The number of carbonyl (C=O) groups is 1. The van der Waals surface area contributed by atoms with E-state index in [1.807, 2.05) is 24.3 Å². The lowest BCUT2D eigenvalue weighted by atomic mass is 10.1. The number of nitrogens with one attached hydrogen (secondary N) is 1. The number of anilines is 1. The molecule has 5 heteroatoms. The fourth-order valence-corrected chi connectivity index (χ4v) is 2.36. The molecule has 19 heavy (non-hydrogen) atoms. The van der Waals surface area contributed by atoms with Crippen molar-refractivity contribution in [2.45, 2.75) is 6.04 Å². The van der Waals surface area contributed by atoms with Crippen molar-refractivity contribution in [3.05, 3.63) is 63.6 Å². The first-order valence-electron chi connectivity index (χ1n) is 5.64. The Morgan fingerprint density at radius 1 is 1.16 bits per heavy atom. The van der Waals surface area contributed by atoms with Gasteiger partial charge in [0.1, 0.15) is 6.04 Å². The molecule has 98 valence electrons. The van der Waals surface area contributed by atoms with Crippen molar-refractivity contribution in [3.63, 3.8) is 0 Å². The number of halogens is 2. The molecule has 2 rings (SSSR count). The number of amides is 1. The van der Waals surface area contributed by atoms with Crippen LogP contribution < -0.4 is 11.1 Å². The molecule has 3 nitrogen and oxygen atoms in total. The number of carbonyl (C=O) groups excluding carboxylic acids is 1. The second kappa shape index (κ2) is 6.08. The molecule has 0 heterocycles. The van der Waals surface area contributed by atoms with Crippen LogP contribution in [-0.4, -0.2) is 5.91 Å². The molecule has 2 aromatic rings. The van der Waals surface area contributed by atoms with E-state index in [9.17, 15) is 4.79 Å². The summed E-state index contributed by atoms with van der Waals surface area (Å²) in [5.74, 6) is -0.443. The van der Waals surface area contributed by atoms with E-state index in [0.717, 1.165) is 15.7 Å². The van der Waals surface area contributed by atoms with Gasteiger partial charge in [-0.3, -0.25) is 4.79 Å². The molecule has 0 aromatic heterocycles. The molecule has 0 saturated carbocycles. The summed E-state index contributed by atoms with van der Waals surface area (Å²) in [6.07, 6.45) is 0. The normalized spacial score (nSPS) is 11.9. The van der Waals surface area contributed by atoms with Gasteiger partial charge < -0.3 is 11.1 Å². The summed E-state index contributed by atoms with van der Waals surface area (Å²) >= 11 is 9.25. The zero-order valence-electron chi connectivity index (χ0n) is 9.94. The summed E-state index contributed by atoms with van der Waals surface area (Å²) in [7, 11) is 0. The van der Waals surface area contributed by atoms with Crippen LogP contribution in [0.5, 0.6) is 0 Å². The quantitative estimate of drug-likeness (QED) is 0.891. The highest BCUT2D eigenvalue weighted by atomic mass is 79.9. The van der Waals surface area contributed by atoms with E-state index in [2.05, 4.69) is 21.2 Å². The maximum absolute atomic E-state index is 11.6. The van der Waals surface area contributed by atoms with Crippen molar-refractivity contribution in [2.24, 2.45) is 5.73 Å². The number of hydrogen-bond acceptors (Lipinski definition) is 2. The predicted octanol–water partition coefficient (Wildman–Crippen LogP) is 3.74. The van der Waals surface area contributed by atoms with Gasteiger partial charge >= 0.3 is 0 Å². The Morgan fingerprint density at radius 2 is 1.79 bits per heavy atom. The van der Waals surface area contributed by atoms with Crippen LogP contribution in [0.4, 0.5) is 5.69 Å². The van der Waals surface area contributed by atoms with E-state index in [1.165, 1.54) is 0 Å². The average Bonchev–Trinajstić information content (AvgIpc) is 2.39.